The molecule has 0 saturated heterocycles. The first-order chi connectivity index (χ1) is 6.04. The van der Waals surface area contributed by atoms with Crippen molar-refractivity contribution in [2.45, 2.75) is 4.90 Å². The van der Waals surface area contributed by atoms with Crippen molar-refractivity contribution in [3.8, 4) is 0 Å². The number of halogens is 1. The van der Waals surface area contributed by atoms with E-state index in [0.717, 1.165) is 10.9 Å². The van der Waals surface area contributed by atoms with Gasteiger partial charge in [0.15, 0.2) is 9.84 Å². The molecule has 0 aliphatic heterocycles. The molecular weight excluding hydrogens is 252 g/mol. The molecule has 0 saturated carbocycles. The topological polar surface area (TPSA) is 34.1 Å². The van der Waals surface area contributed by atoms with Crippen LogP contribution >= 0.6 is 15.9 Å². The van der Waals surface area contributed by atoms with Crippen LogP contribution in [0.3, 0.4) is 0 Å². The van der Waals surface area contributed by atoms with Gasteiger partial charge in [-0.1, -0.05) is 28.1 Å². The van der Waals surface area contributed by atoms with Gasteiger partial charge in [0.2, 0.25) is 0 Å². The molecule has 0 atom stereocenters. The fourth-order valence-corrected chi connectivity index (χ4v) is 1.94. The lowest BCUT2D eigenvalue weighted by atomic mass is 10.2. The van der Waals surface area contributed by atoms with Gasteiger partial charge in [-0.15, -0.1) is 0 Å². The Hall–Kier alpha value is -0.350. The Balaban J connectivity index is 2.94. The Bertz CT molecular complexity index is 367. The second-order valence-electron chi connectivity index (χ2n) is 2.70. The van der Waals surface area contributed by atoms with Crippen LogP contribution in [0.4, 0.5) is 0 Å². The molecule has 0 aliphatic rings. The van der Waals surface area contributed by atoms with Crippen molar-refractivity contribution < 1.29 is 8.42 Å². The van der Waals surface area contributed by atoms with Gasteiger partial charge < -0.3 is 0 Å². The highest BCUT2D eigenvalue weighted by atomic mass is 79.9. The standard InChI is InChI=1S/C9H10BrO2S/c1-13(11,12)9-4-2-8(3-5-9)6-7-10/h2-6H,7H2,1H3. The van der Waals surface area contributed by atoms with Crippen LogP contribution < -0.4 is 0 Å². The number of hydrogen-bond donors (Lipinski definition) is 0. The van der Waals surface area contributed by atoms with E-state index in [4.69, 9.17) is 0 Å². The summed E-state index contributed by atoms with van der Waals surface area (Å²) < 4.78 is 22.2. The van der Waals surface area contributed by atoms with Crippen LogP contribution in [0.1, 0.15) is 5.56 Å². The van der Waals surface area contributed by atoms with Crippen molar-refractivity contribution >= 4 is 25.8 Å². The highest BCUT2D eigenvalue weighted by molar-refractivity contribution is 9.09. The third-order valence-corrected chi connectivity index (χ3v) is 3.07. The van der Waals surface area contributed by atoms with Crippen LogP contribution in [0.15, 0.2) is 29.2 Å². The zero-order chi connectivity index (χ0) is 9.90. The zero-order valence-corrected chi connectivity index (χ0v) is 9.60. The molecule has 0 N–H and O–H groups in total. The molecule has 0 bridgehead atoms. The monoisotopic (exact) mass is 261 g/mol. The maximum Gasteiger partial charge on any atom is 0.175 e. The molecule has 4 heteroatoms. The van der Waals surface area contributed by atoms with Crippen LogP contribution in [-0.2, 0) is 9.84 Å². The van der Waals surface area contributed by atoms with Gasteiger partial charge in [-0.2, -0.15) is 0 Å². The molecule has 1 radical (unpaired) electrons. The normalized spacial score (nSPS) is 11.5. The van der Waals surface area contributed by atoms with Gasteiger partial charge in [-0.05, 0) is 17.7 Å². The molecule has 0 aromatic heterocycles. The second kappa shape index (κ2) is 4.24. The third-order valence-electron chi connectivity index (χ3n) is 1.62. The van der Waals surface area contributed by atoms with Crippen molar-refractivity contribution in [2.24, 2.45) is 0 Å². The number of sulfone groups is 1. The lowest BCUT2D eigenvalue weighted by Crippen LogP contribution is -1.96. The summed E-state index contributed by atoms with van der Waals surface area (Å²) >= 11 is 3.27. The van der Waals surface area contributed by atoms with Crippen LogP contribution in [0.25, 0.3) is 0 Å². The summed E-state index contributed by atoms with van der Waals surface area (Å²) in [6.45, 7) is 0. The fourth-order valence-electron chi connectivity index (χ4n) is 0.940. The Morgan fingerprint density at radius 1 is 1.31 bits per heavy atom. The van der Waals surface area contributed by atoms with Gasteiger partial charge in [-0.25, -0.2) is 8.42 Å². The summed E-state index contributed by atoms with van der Waals surface area (Å²) in [6.07, 6.45) is 3.17. The molecule has 0 aliphatic carbocycles. The van der Waals surface area contributed by atoms with Crippen LogP contribution in [0, 0.1) is 6.42 Å². The molecule has 1 rings (SSSR count). The van der Waals surface area contributed by atoms with Crippen LogP contribution in [0.2, 0.25) is 0 Å². The van der Waals surface area contributed by atoms with Crippen molar-refractivity contribution in [3.63, 3.8) is 0 Å². The quantitative estimate of drug-likeness (QED) is 0.781. The van der Waals surface area contributed by atoms with E-state index >= 15 is 0 Å². The summed E-state index contributed by atoms with van der Waals surface area (Å²) in [5.74, 6) is 0. The van der Waals surface area contributed by atoms with Gasteiger partial charge in [0.1, 0.15) is 0 Å². The Morgan fingerprint density at radius 2 is 1.85 bits per heavy atom. The van der Waals surface area contributed by atoms with Crippen LogP contribution in [-0.4, -0.2) is 20.0 Å². The first-order valence-electron chi connectivity index (χ1n) is 3.73. The number of benzene rings is 1. The molecular formula is C9H10BrO2S. The van der Waals surface area contributed by atoms with E-state index in [1.165, 1.54) is 6.26 Å². The minimum absolute atomic E-state index is 0.360. The minimum Gasteiger partial charge on any atom is -0.224 e. The Labute approximate surface area is 87.0 Å². The highest BCUT2D eigenvalue weighted by Gasteiger charge is 2.05. The van der Waals surface area contributed by atoms with Gasteiger partial charge in [0.05, 0.1) is 4.90 Å². The van der Waals surface area contributed by atoms with E-state index in [-0.39, 0.29) is 0 Å². The van der Waals surface area contributed by atoms with Gasteiger partial charge >= 0.3 is 0 Å². The molecule has 1 aromatic rings. The van der Waals surface area contributed by atoms with Crippen molar-refractivity contribution in [1.29, 1.82) is 0 Å². The second-order valence-corrected chi connectivity index (χ2v) is 5.36. The first-order valence-corrected chi connectivity index (χ1v) is 6.74. The van der Waals surface area contributed by atoms with E-state index < -0.39 is 9.84 Å². The van der Waals surface area contributed by atoms with Crippen molar-refractivity contribution in [2.75, 3.05) is 11.6 Å². The van der Waals surface area contributed by atoms with Gasteiger partial charge in [0, 0.05) is 18.0 Å². The Morgan fingerprint density at radius 3 is 2.23 bits per heavy atom. The average Bonchev–Trinajstić information content (AvgIpc) is 2.04. The number of alkyl halides is 1. The molecule has 1 aromatic carbocycles. The predicted molar refractivity (Wildman–Crippen MR) is 56.7 cm³/mol. The van der Waals surface area contributed by atoms with E-state index in [9.17, 15) is 8.42 Å². The summed E-state index contributed by atoms with van der Waals surface area (Å²) in [7, 11) is -3.06. The number of hydrogen-bond acceptors (Lipinski definition) is 2. The van der Waals surface area contributed by atoms with Gasteiger partial charge in [0.25, 0.3) is 0 Å². The van der Waals surface area contributed by atoms with E-state index in [1.807, 2.05) is 6.42 Å². The highest BCUT2D eigenvalue weighted by Crippen LogP contribution is 2.11. The van der Waals surface area contributed by atoms with E-state index in [1.54, 1.807) is 24.3 Å². The minimum atomic E-state index is -3.06. The number of rotatable bonds is 3. The fraction of sp³-hybridized carbons (Fsp3) is 0.222. The Kier molecular flexibility index (Phi) is 3.50. The SMILES string of the molecule is CS(=O)(=O)c1ccc([CH]CBr)cc1. The molecule has 0 heterocycles. The lowest BCUT2D eigenvalue weighted by molar-refractivity contribution is 0.602. The van der Waals surface area contributed by atoms with Crippen molar-refractivity contribution in [1.82, 2.24) is 0 Å². The van der Waals surface area contributed by atoms with E-state index in [2.05, 4.69) is 15.9 Å². The molecule has 2 nitrogen and oxygen atoms in total. The largest absolute Gasteiger partial charge is 0.224 e. The summed E-state index contributed by atoms with van der Waals surface area (Å²) in [4.78, 5) is 0.360. The molecule has 71 valence electrons. The molecule has 0 spiro atoms. The maximum absolute atomic E-state index is 11.1. The van der Waals surface area contributed by atoms with Crippen molar-refractivity contribution in [3.05, 3.63) is 36.2 Å². The summed E-state index contributed by atoms with van der Waals surface area (Å²) in [5.41, 5.74) is 1.02. The molecule has 0 unspecified atom stereocenters. The first kappa shape index (κ1) is 10.7. The molecule has 0 fully saturated rings. The molecule has 0 amide bonds. The summed E-state index contributed by atoms with van der Waals surface area (Å²) in [5, 5.41) is 0.769. The zero-order valence-electron chi connectivity index (χ0n) is 7.20. The van der Waals surface area contributed by atoms with E-state index in [0.29, 0.717) is 4.90 Å². The third kappa shape index (κ3) is 3.12. The van der Waals surface area contributed by atoms with Gasteiger partial charge in [-0.3, -0.25) is 0 Å². The maximum atomic E-state index is 11.1. The lowest BCUT2D eigenvalue weighted by Gasteiger charge is -1.99. The smallest absolute Gasteiger partial charge is 0.175 e. The summed E-state index contributed by atoms with van der Waals surface area (Å²) in [6, 6.07) is 6.81. The average molecular weight is 262 g/mol. The molecule has 13 heavy (non-hydrogen) atoms. The van der Waals surface area contributed by atoms with Crippen LogP contribution in [0.5, 0.6) is 0 Å². The predicted octanol–water partition coefficient (Wildman–Crippen LogP) is 2.04.